The highest BCUT2D eigenvalue weighted by atomic mass is 32.2. The van der Waals surface area contributed by atoms with Crippen molar-refractivity contribution in [2.24, 2.45) is 0 Å². The molecule has 0 heterocycles. The first-order chi connectivity index (χ1) is 10.8. The number of benzene rings is 2. The lowest BCUT2D eigenvalue weighted by molar-refractivity contribution is -0.146. The first-order valence-electron chi connectivity index (χ1n) is 7.30. The van der Waals surface area contributed by atoms with Gasteiger partial charge < -0.3 is 15.9 Å². The molecule has 0 radical (unpaired) electrons. The van der Waals surface area contributed by atoms with E-state index in [2.05, 4.69) is 0 Å². The average Bonchev–Trinajstić information content (AvgIpc) is 2.50. The van der Waals surface area contributed by atoms with Crippen molar-refractivity contribution in [2.45, 2.75) is 37.0 Å². The normalized spacial score (nSPS) is 13.6. The summed E-state index contributed by atoms with van der Waals surface area (Å²) in [5.74, 6) is -1.24. The Morgan fingerprint density at radius 2 is 1.65 bits per heavy atom. The summed E-state index contributed by atoms with van der Waals surface area (Å²) in [5.41, 5.74) is 10.7. The Balaban J connectivity index is 2.41. The van der Waals surface area contributed by atoms with Crippen LogP contribution in [0.25, 0.3) is 0 Å². The molecule has 0 fully saturated rings. The molecule has 4 N–H and O–H groups in total. The van der Waals surface area contributed by atoms with Crippen LogP contribution in [0.5, 0.6) is 0 Å². The smallest absolute Gasteiger partial charge is 0.334 e. The Kier molecular flexibility index (Phi) is 5.34. The second-order valence-electron chi connectivity index (χ2n) is 5.71. The molecule has 2 aromatic rings. The molecule has 2 aromatic carbocycles. The summed E-state index contributed by atoms with van der Waals surface area (Å²) in [6, 6.07) is 11.3. The minimum Gasteiger partial charge on any atom is -0.479 e. The van der Waals surface area contributed by atoms with Gasteiger partial charge in [-0.1, -0.05) is 29.8 Å². The summed E-state index contributed by atoms with van der Waals surface area (Å²) in [6.45, 7) is 5.91. The molecule has 0 spiro atoms. The molecule has 0 aliphatic heterocycles. The molecule has 0 saturated heterocycles. The van der Waals surface area contributed by atoms with Crippen LogP contribution in [0.15, 0.2) is 41.3 Å². The minimum atomic E-state index is -1.51. The number of nitrogen functional groups attached to an aromatic ring is 1. The van der Waals surface area contributed by atoms with Crippen LogP contribution in [-0.2, 0) is 4.79 Å². The number of carbonyl (C=O) groups is 1. The second-order valence-corrected chi connectivity index (χ2v) is 6.89. The summed E-state index contributed by atoms with van der Waals surface area (Å²) >= 11 is 1.28. The van der Waals surface area contributed by atoms with Crippen molar-refractivity contribution in [3.8, 4) is 0 Å². The van der Waals surface area contributed by atoms with Crippen molar-refractivity contribution in [1.29, 1.82) is 0 Å². The van der Waals surface area contributed by atoms with E-state index >= 15 is 0 Å². The van der Waals surface area contributed by atoms with E-state index < -0.39 is 17.3 Å². The first-order valence-corrected chi connectivity index (χ1v) is 8.18. The van der Waals surface area contributed by atoms with Crippen LogP contribution in [0.3, 0.4) is 0 Å². The zero-order valence-electron chi connectivity index (χ0n) is 13.4. The number of rotatable bonds is 5. The third-order valence-corrected chi connectivity index (χ3v) is 5.22. The number of hydrogen-bond acceptors (Lipinski definition) is 4. The molecule has 2 rings (SSSR count). The number of aliphatic carboxylic acids is 1. The van der Waals surface area contributed by atoms with Crippen molar-refractivity contribution >= 4 is 23.4 Å². The Morgan fingerprint density at radius 3 is 2.22 bits per heavy atom. The molecule has 122 valence electrons. The molecule has 23 heavy (non-hydrogen) atoms. The van der Waals surface area contributed by atoms with Crippen molar-refractivity contribution in [2.75, 3.05) is 5.73 Å². The second kappa shape index (κ2) is 7.06. The van der Waals surface area contributed by atoms with Crippen LogP contribution < -0.4 is 5.73 Å². The van der Waals surface area contributed by atoms with Crippen molar-refractivity contribution < 1.29 is 15.0 Å². The van der Waals surface area contributed by atoms with E-state index in [-0.39, 0.29) is 0 Å². The Hall–Kier alpha value is -1.98. The number of thioether (sulfide) groups is 1. The SMILES string of the molecule is Cc1ccc([C@@H](Sc2cc(C)c(C)cc2N)[C@H](O)C(=O)O)cc1. The van der Waals surface area contributed by atoms with Crippen LogP contribution in [0.1, 0.15) is 27.5 Å². The van der Waals surface area contributed by atoms with E-state index in [0.717, 1.165) is 27.1 Å². The molecule has 0 amide bonds. The molecule has 0 unspecified atom stereocenters. The van der Waals surface area contributed by atoms with Gasteiger partial charge in [0.1, 0.15) is 0 Å². The summed E-state index contributed by atoms with van der Waals surface area (Å²) in [7, 11) is 0. The number of aryl methyl sites for hydroxylation is 3. The van der Waals surface area contributed by atoms with E-state index in [1.165, 1.54) is 11.8 Å². The lowest BCUT2D eigenvalue weighted by Gasteiger charge is -2.21. The van der Waals surface area contributed by atoms with Crippen LogP contribution in [0.2, 0.25) is 0 Å². The zero-order valence-corrected chi connectivity index (χ0v) is 14.2. The third-order valence-electron chi connectivity index (χ3n) is 3.83. The monoisotopic (exact) mass is 331 g/mol. The highest BCUT2D eigenvalue weighted by Gasteiger charge is 2.29. The van der Waals surface area contributed by atoms with Crippen molar-refractivity contribution in [1.82, 2.24) is 0 Å². The van der Waals surface area contributed by atoms with Gasteiger partial charge in [-0.25, -0.2) is 4.79 Å². The fourth-order valence-corrected chi connectivity index (χ4v) is 3.50. The quantitative estimate of drug-likeness (QED) is 0.577. The zero-order chi connectivity index (χ0) is 17.1. The van der Waals surface area contributed by atoms with Gasteiger partial charge in [0.05, 0.1) is 5.25 Å². The van der Waals surface area contributed by atoms with E-state index in [1.54, 1.807) is 0 Å². The number of nitrogens with two attached hydrogens (primary N) is 1. The number of anilines is 1. The third kappa shape index (κ3) is 4.06. The Bertz CT molecular complexity index is 713. The molecule has 0 saturated carbocycles. The van der Waals surface area contributed by atoms with Gasteiger partial charge in [-0.3, -0.25) is 0 Å². The predicted molar refractivity (Wildman–Crippen MR) is 93.7 cm³/mol. The minimum absolute atomic E-state index is 0.591. The van der Waals surface area contributed by atoms with Crippen LogP contribution in [0.4, 0.5) is 5.69 Å². The maximum Gasteiger partial charge on any atom is 0.334 e. The largest absolute Gasteiger partial charge is 0.479 e. The topological polar surface area (TPSA) is 83.5 Å². The first kappa shape index (κ1) is 17.4. The number of carboxylic acid groups (broad SMARTS) is 1. The number of hydrogen-bond donors (Lipinski definition) is 3. The van der Waals surface area contributed by atoms with Crippen molar-refractivity contribution in [3.05, 3.63) is 58.7 Å². The molecular formula is C18H21NO3S. The molecule has 0 aromatic heterocycles. The van der Waals surface area contributed by atoms with Crippen LogP contribution in [-0.4, -0.2) is 22.3 Å². The molecule has 5 heteroatoms. The van der Waals surface area contributed by atoms with Gasteiger partial charge in [-0.15, -0.1) is 11.8 Å². The van der Waals surface area contributed by atoms with Gasteiger partial charge in [-0.2, -0.15) is 0 Å². The summed E-state index contributed by atoms with van der Waals surface area (Å²) in [5, 5.41) is 18.7. The van der Waals surface area contributed by atoms with E-state index in [1.807, 2.05) is 57.2 Å². The molecule has 2 atom stereocenters. The highest BCUT2D eigenvalue weighted by Crippen LogP contribution is 2.41. The van der Waals surface area contributed by atoms with Gasteiger partial charge in [0.25, 0.3) is 0 Å². The molecule has 0 aliphatic rings. The Morgan fingerprint density at radius 1 is 1.09 bits per heavy atom. The van der Waals surface area contributed by atoms with Gasteiger partial charge >= 0.3 is 5.97 Å². The van der Waals surface area contributed by atoms with Crippen LogP contribution >= 0.6 is 11.8 Å². The summed E-state index contributed by atoms with van der Waals surface area (Å²) < 4.78 is 0. The lowest BCUT2D eigenvalue weighted by Crippen LogP contribution is -2.26. The average molecular weight is 331 g/mol. The number of aliphatic hydroxyl groups excluding tert-OH is 1. The van der Waals surface area contributed by atoms with Gasteiger partial charge in [0, 0.05) is 10.6 Å². The van der Waals surface area contributed by atoms with Gasteiger partial charge in [0.15, 0.2) is 6.10 Å². The maximum absolute atomic E-state index is 11.3. The van der Waals surface area contributed by atoms with Gasteiger partial charge in [-0.05, 0) is 49.6 Å². The predicted octanol–water partition coefficient (Wildman–Crippen LogP) is 3.47. The van der Waals surface area contributed by atoms with E-state index in [4.69, 9.17) is 5.73 Å². The Labute approximate surface area is 140 Å². The van der Waals surface area contributed by atoms with E-state index in [9.17, 15) is 15.0 Å². The summed E-state index contributed by atoms with van der Waals surface area (Å²) in [6.07, 6.45) is -1.51. The highest BCUT2D eigenvalue weighted by molar-refractivity contribution is 7.99. The van der Waals surface area contributed by atoms with Crippen LogP contribution in [0, 0.1) is 20.8 Å². The summed E-state index contributed by atoms with van der Waals surface area (Å²) in [4.78, 5) is 12.1. The standard InChI is InChI=1S/C18H21NO3S/c1-10-4-6-13(7-5-10)17(16(20)18(21)22)23-15-9-12(3)11(2)8-14(15)19/h4-9,16-17,20H,19H2,1-3H3,(H,21,22)/t16-,17+/m0/s1. The maximum atomic E-state index is 11.3. The van der Waals surface area contributed by atoms with Crippen molar-refractivity contribution in [3.63, 3.8) is 0 Å². The fourth-order valence-electron chi connectivity index (χ4n) is 2.25. The van der Waals surface area contributed by atoms with E-state index in [0.29, 0.717) is 5.69 Å². The molecular weight excluding hydrogens is 310 g/mol. The molecule has 0 bridgehead atoms. The fraction of sp³-hybridized carbons (Fsp3) is 0.278. The lowest BCUT2D eigenvalue weighted by atomic mass is 10.1. The van der Waals surface area contributed by atoms with Gasteiger partial charge in [0.2, 0.25) is 0 Å². The number of carboxylic acids is 1. The molecule has 0 aliphatic carbocycles. The number of aliphatic hydroxyl groups is 1. The molecule has 4 nitrogen and oxygen atoms in total.